The number of fused-ring (bicyclic) bond motifs is 3. The van der Waals surface area contributed by atoms with Crippen molar-refractivity contribution >= 4 is 27.2 Å². The molecule has 0 unspecified atom stereocenters. The molecule has 2 aromatic carbocycles. The summed E-state index contributed by atoms with van der Waals surface area (Å²) in [5, 5.41) is 9.53. The Hall–Kier alpha value is -2.50. The second kappa shape index (κ2) is 7.33. The quantitative estimate of drug-likeness (QED) is 0.698. The highest BCUT2D eigenvalue weighted by atomic mass is 35.5. The molecule has 3 atom stereocenters. The van der Waals surface area contributed by atoms with Gasteiger partial charge in [0, 0.05) is 29.7 Å². The van der Waals surface area contributed by atoms with E-state index in [4.69, 9.17) is 16.3 Å². The number of nitrogens with zero attached hydrogens (tertiary/aromatic N) is 1. The van der Waals surface area contributed by atoms with Crippen LogP contribution in [0.4, 0.5) is 8.78 Å². The first-order valence-corrected chi connectivity index (χ1v) is 11.1. The molecule has 0 saturated heterocycles. The normalized spacial score (nSPS) is 25.6. The monoisotopic (exact) mass is 451 g/mol. The van der Waals surface area contributed by atoms with E-state index in [1.165, 1.54) is 24.3 Å². The maximum Gasteiger partial charge on any atom is 0.188 e. The summed E-state index contributed by atoms with van der Waals surface area (Å²) in [6, 6.07) is 9.02. The van der Waals surface area contributed by atoms with Crippen LogP contribution in [0.1, 0.15) is 24.8 Å². The fourth-order valence-corrected chi connectivity index (χ4v) is 7.18. The molecule has 0 spiro atoms. The minimum atomic E-state index is -4.33. The van der Waals surface area contributed by atoms with Gasteiger partial charge in [-0.1, -0.05) is 11.6 Å². The van der Waals surface area contributed by atoms with Crippen LogP contribution in [0.15, 0.2) is 41.3 Å². The molecule has 0 N–H and O–H groups in total. The number of rotatable bonds is 3. The van der Waals surface area contributed by atoms with Crippen molar-refractivity contribution in [3.05, 3.63) is 58.6 Å². The Balaban J connectivity index is 2.05. The van der Waals surface area contributed by atoms with Crippen molar-refractivity contribution in [2.24, 2.45) is 11.8 Å². The lowest BCUT2D eigenvalue weighted by molar-refractivity contribution is -0.129. The first-order valence-electron chi connectivity index (χ1n) is 9.25. The van der Waals surface area contributed by atoms with E-state index >= 15 is 4.39 Å². The topological polar surface area (TPSA) is 84.2 Å². The Labute approximate surface area is 177 Å². The summed E-state index contributed by atoms with van der Waals surface area (Å²) < 4.78 is 61.0. The molecule has 0 amide bonds. The number of hydrogen-bond donors (Lipinski definition) is 0. The van der Waals surface area contributed by atoms with Gasteiger partial charge in [0.15, 0.2) is 21.4 Å². The zero-order valence-electron chi connectivity index (χ0n) is 15.6. The molecule has 4 rings (SSSR count). The maximum atomic E-state index is 15.1. The molecule has 9 heteroatoms. The second-order valence-electron chi connectivity index (χ2n) is 7.43. The number of hydrogen-bond acceptors (Lipinski definition) is 5. The van der Waals surface area contributed by atoms with E-state index in [0.717, 1.165) is 12.1 Å². The molecule has 1 aliphatic heterocycles. The van der Waals surface area contributed by atoms with Gasteiger partial charge in [-0.05, 0) is 42.8 Å². The van der Waals surface area contributed by atoms with Crippen molar-refractivity contribution in [1.82, 2.24) is 0 Å². The third-order valence-corrected chi connectivity index (χ3v) is 8.86. The summed E-state index contributed by atoms with van der Waals surface area (Å²) in [6.45, 7) is -0.321. The van der Waals surface area contributed by atoms with Crippen molar-refractivity contribution in [2.45, 2.75) is 28.9 Å². The molecular formula is C21H16ClF2NO4S. The van der Waals surface area contributed by atoms with Crippen molar-refractivity contribution in [1.29, 1.82) is 5.26 Å². The lowest BCUT2D eigenvalue weighted by atomic mass is 9.66. The zero-order chi connectivity index (χ0) is 21.7. The van der Waals surface area contributed by atoms with Gasteiger partial charge in [0.25, 0.3) is 0 Å². The van der Waals surface area contributed by atoms with Crippen molar-refractivity contribution in [3.63, 3.8) is 0 Å². The first kappa shape index (κ1) is 20.8. The number of nitriles is 1. The predicted molar refractivity (Wildman–Crippen MR) is 104 cm³/mol. The number of sulfone groups is 1. The smallest absolute Gasteiger partial charge is 0.188 e. The van der Waals surface area contributed by atoms with E-state index in [0.29, 0.717) is 5.02 Å². The molecule has 2 aliphatic rings. The Kier molecular flexibility index (Phi) is 5.07. The molecule has 0 bridgehead atoms. The van der Waals surface area contributed by atoms with Gasteiger partial charge in [0.1, 0.15) is 16.3 Å². The van der Waals surface area contributed by atoms with Crippen LogP contribution >= 0.6 is 11.6 Å². The number of halogens is 3. The third kappa shape index (κ3) is 2.83. The molecule has 30 heavy (non-hydrogen) atoms. The summed E-state index contributed by atoms with van der Waals surface area (Å²) in [7, 11) is -4.33. The van der Waals surface area contributed by atoms with Crippen LogP contribution in [-0.2, 0) is 19.4 Å². The van der Waals surface area contributed by atoms with E-state index in [-0.39, 0.29) is 36.5 Å². The molecule has 1 fully saturated rings. The van der Waals surface area contributed by atoms with E-state index in [1.807, 2.05) is 6.07 Å². The van der Waals surface area contributed by atoms with Gasteiger partial charge < -0.3 is 4.74 Å². The minimum Gasteiger partial charge on any atom is -0.490 e. The Morgan fingerprint density at radius 3 is 2.50 bits per heavy atom. The predicted octanol–water partition coefficient (Wildman–Crippen LogP) is 4.19. The summed E-state index contributed by atoms with van der Waals surface area (Å²) in [6.07, 6.45) is -0.651. The van der Waals surface area contributed by atoms with Gasteiger partial charge in [0.2, 0.25) is 0 Å². The van der Waals surface area contributed by atoms with E-state index in [9.17, 15) is 22.9 Å². The van der Waals surface area contributed by atoms with Crippen LogP contribution < -0.4 is 4.74 Å². The van der Waals surface area contributed by atoms with Gasteiger partial charge in [-0.2, -0.15) is 5.26 Å². The highest BCUT2D eigenvalue weighted by Crippen LogP contribution is 2.57. The molecule has 0 radical (unpaired) electrons. The summed E-state index contributed by atoms with van der Waals surface area (Å²) in [4.78, 5) is 12.4. The standard InChI is InChI=1S/C21H16ClF2NO4S/c22-12-1-3-13(4-2-12)30(27,28)21-9-7-18(26)14(8-10-25)15(21)11-29-20-17(24)6-5-16(23)19(20)21/h1-6,14-15H,7-9,11H2/t14-,15-,21-/m0/s1. The third-order valence-electron chi connectivity index (χ3n) is 6.04. The molecule has 0 aromatic heterocycles. The SMILES string of the molecule is N#CC[C@@H]1C(=O)CC[C@@]2(S(=O)(=O)c3ccc(Cl)cc3)c3c(F)ccc(F)c3OC[C@@H]12. The van der Waals surface area contributed by atoms with Gasteiger partial charge in [0.05, 0.1) is 23.1 Å². The van der Waals surface area contributed by atoms with Crippen molar-refractivity contribution < 1.29 is 26.7 Å². The van der Waals surface area contributed by atoms with Crippen molar-refractivity contribution in [2.75, 3.05) is 6.61 Å². The molecule has 5 nitrogen and oxygen atoms in total. The van der Waals surface area contributed by atoms with E-state index in [2.05, 4.69) is 0 Å². The number of ether oxygens (including phenoxy) is 1. The van der Waals surface area contributed by atoms with Crippen LogP contribution in [0.3, 0.4) is 0 Å². The first-order chi connectivity index (χ1) is 14.2. The second-order valence-corrected chi connectivity index (χ2v) is 10.1. The average molecular weight is 452 g/mol. The summed E-state index contributed by atoms with van der Waals surface area (Å²) >= 11 is 5.89. The Bertz CT molecular complexity index is 1180. The maximum absolute atomic E-state index is 15.1. The lowest BCUT2D eigenvalue weighted by Gasteiger charge is -2.49. The Morgan fingerprint density at radius 2 is 1.83 bits per heavy atom. The largest absolute Gasteiger partial charge is 0.490 e. The van der Waals surface area contributed by atoms with E-state index in [1.54, 1.807) is 0 Å². The van der Waals surface area contributed by atoms with Crippen LogP contribution in [0.2, 0.25) is 5.02 Å². The highest BCUT2D eigenvalue weighted by molar-refractivity contribution is 7.92. The lowest BCUT2D eigenvalue weighted by Crippen LogP contribution is -2.56. The Morgan fingerprint density at radius 1 is 1.17 bits per heavy atom. The molecular weight excluding hydrogens is 436 g/mol. The zero-order valence-corrected chi connectivity index (χ0v) is 17.1. The van der Waals surface area contributed by atoms with Gasteiger partial charge in [-0.25, -0.2) is 17.2 Å². The summed E-state index contributed by atoms with van der Waals surface area (Å²) in [5.74, 6) is -4.58. The molecule has 2 aromatic rings. The van der Waals surface area contributed by atoms with Gasteiger partial charge in [-0.3, -0.25) is 4.79 Å². The fourth-order valence-electron chi connectivity index (χ4n) is 4.68. The number of benzene rings is 2. The molecule has 156 valence electrons. The number of ketones is 1. The van der Waals surface area contributed by atoms with Gasteiger partial charge in [-0.15, -0.1) is 0 Å². The minimum absolute atomic E-state index is 0.126. The van der Waals surface area contributed by atoms with Crippen LogP contribution in [0.5, 0.6) is 5.75 Å². The molecule has 1 heterocycles. The van der Waals surface area contributed by atoms with E-state index < -0.39 is 49.4 Å². The highest BCUT2D eigenvalue weighted by Gasteiger charge is 2.62. The fraction of sp³-hybridized carbons (Fsp3) is 0.333. The number of carbonyl (C=O) groups excluding carboxylic acids is 1. The van der Waals surface area contributed by atoms with Crippen LogP contribution in [0, 0.1) is 34.8 Å². The number of carbonyl (C=O) groups is 1. The van der Waals surface area contributed by atoms with Crippen LogP contribution in [-0.4, -0.2) is 20.8 Å². The number of Topliss-reactive ketones (excluding diaryl/α,β-unsaturated/α-hetero) is 1. The molecule has 1 aliphatic carbocycles. The molecule has 1 saturated carbocycles. The average Bonchev–Trinajstić information content (AvgIpc) is 2.72. The summed E-state index contributed by atoms with van der Waals surface area (Å²) in [5.41, 5.74) is -0.413. The van der Waals surface area contributed by atoms with Crippen molar-refractivity contribution in [3.8, 4) is 11.8 Å². The van der Waals surface area contributed by atoms with Gasteiger partial charge >= 0.3 is 0 Å². The van der Waals surface area contributed by atoms with Crippen LogP contribution in [0.25, 0.3) is 0 Å².